The molecule has 0 aliphatic rings. The number of hydrogen-bond donors (Lipinski definition) is 2. The molecule has 7 nitrogen and oxygen atoms in total. The van der Waals surface area contributed by atoms with Gasteiger partial charge in [-0.15, -0.1) is 0 Å². The highest BCUT2D eigenvalue weighted by Crippen LogP contribution is 2.33. The van der Waals surface area contributed by atoms with E-state index >= 15 is 0 Å². The Bertz CT molecular complexity index is 997. The van der Waals surface area contributed by atoms with Gasteiger partial charge in [-0.05, 0) is 64.9 Å². The number of nitrogens with one attached hydrogen (secondary N) is 2. The fourth-order valence-electron chi connectivity index (χ4n) is 2.50. The number of anilines is 1. The van der Waals surface area contributed by atoms with Crippen LogP contribution in [0.3, 0.4) is 0 Å². The van der Waals surface area contributed by atoms with E-state index in [-0.39, 0.29) is 5.69 Å². The highest BCUT2D eigenvalue weighted by atomic mass is 127. The van der Waals surface area contributed by atoms with Gasteiger partial charge in [-0.1, -0.05) is 13.0 Å². The minimum atomic E-state index is -4.53. The number of amides is 2. The fraction of sp³-hybridized carbons (Fsp3) is 0.286. The number of methoxy groups -OCH3 is 1. The summed E-state index contributed by atoms with van der Waals surface area (Å²) in [5.41, 5.74) is 1.87. The lowest BCUT2D eigenvalue weighted by Crippen LogP contribution is -2.24. The van der Waals surface area contributed by atoms with Crippen LogP contribution in [0.2, 0.25) is 0 Å². The second-order valence-electron chi connectivity index (χ2n) is 6.48. The summed E-state index contributed by atoms with van der Waals surface area (Å²) in [4.78, 5) is 23.8. The Labute approximate surface area is 196 Å². The third-order valence-corrected chi connectivity index (χ3v) is 4.70. The first kappa shape index (κ1) is 25.4. The summed E-state index contributed by atoms with van der Waals surface area (Å²) in [5.74, 6) is -0.373. The molecule has 0 saturated heterocycles. The second kappa shape index (κ2) is 11.7. The summed E-state index contributed by atoms with van der Waals surface area (Å²) < 4.78 is 50.0. The van der Waals surface area contributed by atoms with E-state index in [2.05, 4.69) is 38.4 Å². The molecule has 0 heterocycles. The van der Waals surface area contributed by atoms with E-state index in [4.69, 9.17) is 9.47 Å². The molecule has 0 radical (unpaired) electrons. The molecule has 0 saturated carbocycles. The Balaban J connectivity index is 1.94. The number of halogens is 4. The van der Waals surface area contributed by atoms with E-state index < -0.39 is 30.0 Å². The predicted octanol–water partition coefficient (Wildman–Crippen LogP) is 4.59. The molecule has 0 aliphatic heterocycles. The Morgan fingerprint density at radius 2 is 1.94 bits per heavy atom. The Morgan fingerprint density at radius 1 is 1.19 bits per heavy atom. The number of carbonyl (C=O) groups excluding carboxylic acids is 2. The fourth-order valence-corrected chi connectivity index (χ4v) is 3.28. The number of carbonyl (C=O) groups is 2. The highest BCUT2D eigenvalue weighted by molar-refractivity contribution is 14.1. The van der Waals surface area contributed by atoms with Crippen molar-refractivity contribution >= 4 is 46.3 Å². The van der Waals surface area contributed by atoms with Crippen LogP contribution in [-0.4, -0.2) is 31.7 Å². The molecule has 2 aromatic carbocycles. The third kappa shape index (κ3) is 7.70. The lowest BCUT2D eigenvalue weighted by Gasteiger charge is -2.12. The van der Waals surface area contributed by atoms with E-state index in [1.807, 2.05) is 6.92 Å². The molecule has 32 heavy (non-hydrogen) atoms. The normalized spacial score (nSPS) is 11.3. The maximum atomic E-state index is 12.7. The molecular formula is C21H21F3IN3O4. The van der Waals surface area contributed by atoms with E-state index in [0.29, 0.717) is 23.7 Å². The zero-order valence-corrected chi connectivity index (χ0v) is 19.4. The van der Waals surface area contributed by atoms with Crippen LogP contribution in [0.15, 0.2) is 41.5 Å². The molecule has 2 N–H and O–H groups in total. The van der Waals surface area contributed by atoms with E-state index in [1.165, 1.54) is 19.4 Å². The van der Waals surface area contributed by atoms with Crippen LogP contribution in [0.5, 0.6) is 11.5 Å². The number of hydrogen-bond acceptors (Lipinski definition) is 5. The molecule has 0 bridgehead atoms. The van der Waals surface area contributed by atoms with Gasteiger partial charge in [-0.25, -0.2) is 5.43 Å². The van der Waals surface area contributed by atoms with Crippen molar-refractivity contribution in [2.45, 2.75) is 25.9 Å². The lowest BCUT2D eigenvalue weighted by molar-refractivity contribution is -0.137. The first-order valence-corrected chi connectivity index (χ1v) is 10.5. The molecule has 0 fully saturated rings. The van der Waals surface area contributed by atoms with Gasteiger partial charge in [-0.3, -0.25) is 9.59 Å². The van der Waals surface area contributed by atoms with E-state index in [0.717, 1.165) is 28.2 Å². The summed E-state index contributed by atoms with van der Waals surface area (Å²) in [6.07, 6.45) is -2.93. The maximum Gasteiger partial charge on any atom is 0.416 e. The van der Waals surface area contributed by atoms with Gasteiger partial charge in [0.1, 0.15) is 6.42 Å². The number of nitrogens with zero attached hydrogens (tertiary/aromatic N) is 1. The SMILES string of the molecule is CCCOc1c(I)cc(C=NNC(=O)CC(=O)Nc2cccc(C(F)(F)F)c2)cc1OC. The van der Waals surface area contributed by atoms with Crippen LogP contribution in [-0.2, 0) is 15.8 Å². The van der Waals surface area contributed by atoms with Crippen LogP contribution < -0.4 is 20.2 Å². The number of benzene rings is 2. The average Bonchev–Trinajstić information content (AvgIpc) is 2.72. The standard InChI is InChI=1S/C21H21F3IN3O4/c1-3-7-32-20-16(25)8-13(9-17(20)31-2)12-26-28-19(30)11-18(29)27-15-6-4-5-14(10-15)21(22,23)24/h4-6,8-10,12H,3,7,11H2,1-2H3,(H,27,29)(H,28,30). The first-order chi connectivity index (χ1) is 15.1. The Morgan fingerprint density at radius 3 is 2.59 bits per heavy atom. The largest absolute Gasteiger partial charge is 0.493 e. The van der Waals surface area contributed by atoms with Crippen molar-refractivity contribution in [3.8, 4) is 11.5 Å². The number of rotatable bonds is 9. The highest BCUT2D eigenvalue weighted by Gasteiger charge is 2.30. The summed E-state index contributed by atoms with van der Waals surface area (Å²) in [7, 11) is 1.51. The lowest BCUT2D eigenvalue weighted by atomic mass is 10.2. The van der Waals surface area contributed by atoms with Gasteiger partial charge in [0.25, 0.3) is 0 Å². The van der Waals surface area contributed by atoms with Crippen molar-refractivity contribution in [3.05, 3.63) is 51.1 Å². The third-order valence-electron chi connectivity index (χ3n) is 3.90. The molecule has 2 amide bonds. The van der Waals surface area contributed by atoms with Crippen molar-refractivity contribution in [1.29, 1.82) is 0 Å². The van der Waals surface area contributed by atoms with Crippen molar-refractivity contribution in [1.82, 2.24) is 5.43 Å². The molecule has 2 aromatic rings. The van der Waals surface area contributed by atoms with Gasteiger partial charge >= 0.3 is 6.18 Å². The molecule has 2 rings (SSSR count). The zero-order chi connectivity index (χ0) is 23.7. The monoisotopic (exact) mass is 563 g/mol. The summed E-state index contributed by atoms with van der Waals surface area (Å²) in [6, 6.07) is 7.60. The van der Waals surface area contributed by atoms with E-state index in [1.54, 1.807) is 12.1 Å². The molecule has 0 aliphatic carbocycles. The molecule has 11 heteroatoms. The topological polar surface area (TPSA) is 89.0 Å². The first-order valence-electron chi connectivity index (χ1n) is 9.43. The van der Waals surface area contributed by atoms with Gasteiger partial charge < -0.3 is 14.8 Å². The van der Waals surface area contributed by atoms with Crippen LogP contribution in [0.4, 0.5) is 18.9 Å². The molecule has 0 spiro atoms. The number of alkyl halides is 3. The van der Waals surface area contributed by atoms with Gasteiger partial charge in [0.2, 0.25) is 11.8 Å². The summed E-state index contributed by atoms with van der Waals surface area (Å²) in [5, 5.41) is 6.06. The molecular weight excluding hydrogens is 542 g/mol. The Hall–Kier alpha value is -2.83. The van der Waals surface area contributed by atoms with E-state index in [9.17, 15) is 22.8 Å². The van der Waals surface area contributed by atoms with Crippen LogP contribution >= 0.6 is 22.6 Å². The molecule has 172 valence electrons. The van der Waals surface area contributed by atoms with Crippen molar-refractivity contribution < 1.29 is 32.2 Å². The summed E-state index contributed by atoms with van der Waals surface area (Å²) >= 11 is 2.10. The molecule has 0 aromatic heterocycles. The summed E-state index contributed by atoms with van der Waals surface area (Å²) in [6.45, 7) is 2.53. The van der Waals surface area contributed by atoms with Crippen molar-refractivity contribution in [2.75, 3.05) is 19.0 Å². The predicted molar refractivity (Wildman–Crippen MR) is 122 cm³/mol. The quantitative estimate of drug-likeness (QED) is 0.202. The average molecular weight is 563 g/mol. The molecule has 0 unspecified atom stereocenters. The Kier molecular flexibility index (Phi) is 9.29. The van der Waals surface area contributed by atoms with Gasteiger partial charge in [0, 0.05) is 5.69 Å². The van der Waals surface area contributed by atoms with Crippen LogP contribution in [0, 0.1) is 3.57 Å². The van der Waals surface area contributed by atoms with Gasteiger partial charge in [0.15, 0.2) is 11.5 Å². The van der Waals surface area contributed by atoms with Crippen molar-refractivity contribution in [3.63, 3.8) is 0 Å². The van der Waals surface area contributed by atoms with Crippen molar-refractivity contribution in [2.24, 2.45) is 5.10 Å². The number of hydrazone groups is 1. The minimum Gasteiger partial charge on any atom is -0.493 e. The van der Waals surface area contributed by atoms with Gasteiger partial charge in [0.05, 0.1) is 29.1 Å². The number of ether oxygens (including phenoxy) is 2. The zero-order valence-electron chi connectivity index (χ0n) is 17.3. The maximum absolute atomic E-state index is 12.7. The van der Waals surface area contributed by atoms with Crippen LogP contribution in [0.1, 0.15) is 30.9 Å². The molecule has 0 atom stereocenters. The smallest absolute Gasteiger partial charge is 0.416 e. The minimum absolute atomic E-state index is 0.0619. The van der Waals surface area contributed by atoms with Gasteiger partial charge in [-0.2, -0.15) is 18.3 Å². The second-order valence-corrected chi connectivity index (χ2v) is 7.64. The van der Waals surface area contributed by atoms with Crippen LogP contribution in [0.25, 0.3) is 0 Å².